The average Bonchev–Trinajstić information content (AvgIpc) is 2.70. The van der Waals surface area contributed by atoms with Gasteiger partial charge in [-0.05, 0) is 11.1 Å². The molecule has 1 N–H and O–H groups in total. The summed E-state index contributed by atoms with van der Waals surface area (Å²) in [6.45, 7) is 0.538. The topological polar surface area (TPSA) is 87.5 Å². The maximum absolute atomic E-state index is 9.74. The van der Waals surface area contributed by atoms with Gasteiger partial charge in [0.15, 0.2) is 6.29 Å². The highest BCUT2D eigenvalue weighted by Gasteiger charge is 2.35. The lowest BCUT2D eigenvalue weighted by atomic mass is 10.2. The van der Waals surface area contributed by atoms with E-state index in [-0.39, 0.29) is 6.61 Å². The van der Waals surface area contributed by atoms with Crippen LogP contribution in [-0.2, 0) is 16.1 Å². The summed E-state index contributed by atoms with van der Waals surface area (Å²) < 4.78 is 10.6. The molecule has 6 heteroatoms. The second-order valence-corrected chi connectivity index (χ2v) is 3.76. The Balaban J connectivity index is 1.87. The first-order chi connectivity index (χ1) is 8.31. The quantitative estimate of drug-likeness (QED) is 0.488. The Hall–Kier alpha value is -1.59. The van der Waals surface area contributed by atoms with Crippen LogP contribution in [0.2, 0.25) is 0 Å². The number of aliphatic hydroxyl groups excluding tert-OH is 1. The number of azide groups is 1. The summed E-state index contributed by atoms with van der Waals surface area (Å²) in [5.41, 5.74) is 9.29. The van der Waals surface area contributed by atoms with Gasteiger partial charge in [0.25, 0.3) is 0 Å². The summed E-state index contributed by atoms with van der Waals surface area (Å²) in [6, 6.07) is 9.02. The molecule has 0 saturated carbocycles. The minimum Gasteiger partial charge on any atom is -0.387 e. The van der Waals surface area contributed by atoms with Gasteiger partial charge in [0.05, 0.1) is 19.3 Å². The SMILES string of the molecule is [N-]=[N+]=N[C@H]1CO[C@@H](OCc2ccccc2)[C@@H]1O. The van der Waals surface area contributed by atoms with Gasteiger partial charge in [0.1, 0.15) is 6.10 Å². The van der Waals surface area contributed by atoms with Crippen molar-refractivity contribution in [3.8, 4) is 0 Å². The summed E-state index contributed by atoms with van der Waals surface area (Å²) in [6.07, 6.45) is -1.64. The lowest BCUT2D eigenvalue weighted by molar-refractivity contribution is -0.157. The predicted octanol–water partition coefficient (Wildman–Crippen LogP) is 1.60. The third-order valence-corrected chi connectivity index (χ3v) is 2.56. The van der Waals surface area contributed by atoms with Gasteiger partial charge >= 0.3 is 0 Å². The van der Waals surface area contributed by atoms with Crippen molar-refractivity contribution in [2.24, 2.45) is 5.11 Å². The predicted molar refractivity (Wildman–Crippen MR) is 59.9 cm³/mol. The summed E-state index contributed by atoms with van der Waals surface area (Å²) >= 11 is 0. The molecule has 1 heterocycles. The number of rotatable bonds is 4. The van der Waals surface area contributed by atoms with E-state index in [2.05, 4.69) is 10.0 Å². The highest BCUT2D eigenvalue weighted by Crippen LogP contribution is 2.19. The number of ether oxygens (including phenoxy) is 2. The molecule has 1 aromatic carbocycles. The van der Waals surface area contributed by atoms with Crippen LogP contribution in [0.1, 0.15) is 5.56 Å². The highest BCUT2D eigenvalue weighted by molar-refractivity contribution is 5.13. The summed E-state index contributed by atoms with van der Waals surface area (Å²) in [4.78, 5) is 2.65. The van der Waals surface area contributed by atoms with Gasteiger partial charge in [-0.1, -0.05) is 35.4 Å². The Labute approximate surface area is 98.4 Å². The molecule has 1 aliphatic rings. The van der Waals surface area contributed by atoms with Crippen molar-refractivity contribution in [3.05, 3.63) is 46.3 Å². The van der Waals surface area contributed by atoms with Crippen LogP contribution in [0.5, 0.6) is 0 Å². The van der Waals surface area contributed by atoms with Crippen molar-refractivity contribution in [2.45, 2.75) is 25.0 Å². The van der Waals surface area contributed by atoms with E-state index in [1.165, 1.54) is 0 Å². The third-order valence-electron chi connectivity index (χ3n) is 2.56. The second-order valence-electron chi connectivity index (χ2n) is 3.76. The van der Waals surface area contributed by atoms with Crippen LogP contribution in [0, 0.1) is 0 Å². The molecule has 6 nitrogen and oxygen atoms in total. The molecule has 1 aliphatic heterocycles. The Morgan fingerprint density at radius 3 is 2.94 bits per heavy atom. The van der Waals surface area contributed by atoms with Crippen molar-refractivity contribution in [1.82, 2.24) is 0 Å². The van der Waals surface area contributed by atoms with E-state index in [9.17, 15) is 5.11 Å². The van der Waals surface area contributed by atoms with E-state index in [1.807, 2.05) is 30.3 Å². The zero-order valence-electron chi connectivity index (χ0n) is 9.14. The molecule has 0 aliphatic carbocycles. The minimum absolute atomic E-state index is 0.185. The van der Waals surface area contributed by atoms with Gasteiger partial charge in [0.2, 0.25) is 0 Å². The van der Waals surface area contributed by atoms with E-state index in [1.54, 1.807) is 0 Å². The van der Waals surface area contributed by atoms with Gasteiger partial charge in [-0.25, -0.2) is 0 Å². The molecule has 1 aromatic rings. The van der Waals surface area contributed by atoms with Crippen molar-refractivity contribution >= 4 is 0 Å². The lowest BCUT2D eigenvalue weighted by Crippen LogP contribution is -2.30. The van der Waals surface area contributed by atoms with Crippen LogP contribution in [0.25, 0.3) is 10.4 Å². The van der Waals surface area contributed by atoms with E-state index >= 15 is 0 Å². The largest absolute Gasteiger partial charge is 0.387 e. The molecule has 1 fully saturated rings. The van der Waals surface area contributed by atoms with Crippen molar-refractivity contribution in [3.63, 3.8) is 0 Å². The molecule has 0 amide bonds. The molecule has 1 saturated heterocycles. The Morgan fingerprint density at radius 2 is 2.24 bits per heavy atom. The molecule has 17 heavy (non-hydrogen) atoms. The van der Waals surface area contributed by atoms with Gasteiger partial charge < -0.3 is 14.6 Å². The van der Waals surface area contributed by atoms with E-state index in [4.69, 9.17) is 15.0 Å². The van der Waals surface area contributed by atoms with Crippen LogP contribution in [-0.4, -0.2) is 30.1 Å². The molecule has 0 spiro atoms. The zero-order chi connectivity index (χ0) is 12.1. The van der Waals surface area contributed by atoms with Crippen LogP contribution in [0.3, 0.4) is 0 Å². The number of benzene rings is 1. The fourth-order valence-electron chi connectivity index (χ4n) is 1.64. The van der Waals surface area contributed by atoms with Gasteiger partial charge in [0, 0.05) is 4.91 Å². The Kier molecular flexibility index (Phi) is 3.95. The first-order valence-corrected chi connectivity index (χ1v) is 5.30. The monoisotopic (exact) mass is 235 g/mol. The third kappa shape index (κ3) is 2.95. The summed E-state index contributed by atoms with van der Waals surface area (Å²) in [5, 5.41) is 13.2. The molecule has 0 unspecified atom stereocenters. The van der Waals surface area contributed by atoms with E-state index < -0.39 is 18.4 Å². The number of aliphatic hydroxyl groups is 1. The summed E-state index contributed by atoms with van der Waals surface area (Å²) in [5.74, 6) is 0. The number of hydrogen-bond acceptors (Lipinski definition) is 4. The number of nitrogens with zero attached hydrogens (tertiary/aromatic N) is 3. The molecule has 0 aromatic heterocycles. The smallest absolute Gasteiger partial charge is 0.184 e. The fourth-order valence-corrected chi connectivity index (χ4v) is 1.64. The van der Waals surface area contributed by atoms with E-state index in [0.29, 0.717) is 6.61 Å². The maximum atomic E-state index is 9.74. The maximum Gasteiger partial charge on any atom is 0.184 e. The molecular weight excluding hydrogens is 222 g/mol. The Morgan fingerprint density at radius 1 is 1.47 bits per heavy atom. The van der Waals surface area contributed by atoms with Gasteiger partial charge in [-0.3, -0.25) is 0 Å². The minimum atomic E-state index is -0.908. The van der Waals surface area contributed by atoms with Crippen molar-refractivity contribution in [2.75, 3.05) is 6.61 Å². The van der Waals surface area contributed by atoms with E-state index in [0.717, 1.165) is 5.56 Å². The molecule has 2 rings (SSSR count). The number of hydrogen-bond donors (Lipinski definition) is 1. The normalized spacial score (nSPS) is 27.7. The van der Waals surface area contributed by atoms with Crippen molar-refractivity contribution in [1.29, 1.82) is 0 Å². The van der Waals surface area contributed by atoms with Crippen molar-refractivity contribution < 1.29 is 14.6 Å². The molecule has 0 radical (unpaired) electrons. The molecular formula is C11H13N3O3. The Bertz CT molecular complexity index is 406. The highest BCUT2D eigenvalue weighted by atomic mass is 16.7. The fraction of sp³-hybridized carbons (Fsp3) is 0.455. The molecule has 3 atom stereocenters. The molecule has 90 valence electrons. The lowest BCUT2D eigenvalue weighted by Gasteiger charge is -2.15. The standard InChI is InChI=1S/C11H13N3O3/c12-14-13-9-7-17-11(10(9)15)16-6-8-4-2-1-3-5-8/h1-5,9-11,15H,6-7H2/t9-,10+,11+/m0/s1. The van der Waals surface area contributed by atoms with Crippen LogP contribution < -0.4 is 0 Å². The van der Waals surface area contributed by atoms with Crippen LogP contribution in [0.4, 0.5) is 0 Å². The summed E-state index contributed by atoms with van der Waals surface area (Å²) in [7, 11) is 0. The average molecular weight is 235 g/mol. The van der Waals surface area contributed by atoms with Gasteiger partial charge in [-0.15, -0.1) is 0 Å². The molecule has 0 bridgehead atoms. The zero-order valence-corrected chi connectivity index (χ0v) is 9.14. The van der Waals surface area contributed by atoms with Crippen LogP contribution >= 0.6 is 0 Å². The first kappa shape index (κ1) is 11.9. The van der Waals surface area contributed by atoms with Crippen LogP contribution in [0.15, 0.2) is 35.4 Å². The van der Waals surface area contributed by atoms with Gasteiger partial charge in [-0.2, -0.15) is 0 Å². The first-order valence-electron chi connectivity index (χ1n) is 5.30. The second kappa shape index (κ2) is 5.65.